The molecule has 0 fully saturated rings. The molecular formula is C21H33N3O3. The van der Waals surface area contributed by atoms with Crippen LogP contribution in [0.25, 0.3) is 10.9 Å². The molecule has 0 spiro atoms. The summed E-state index contributed by atoms with van der Waals surface area (Å²) in [7, 11) is 1.93. The summed E-state index contributed by atoms with van der Waals surface area (Å²) < 4.78 is 5.24. The Kier molecular flexibility index (Phi) is 7.72. The number of carbonyl (C=O) groups is 1. The number of aromatic nitrogens is 2. The minimum absolute atomic E-state index is 0. The highest BCUT2D eigenvalue weighted by Crippen LogP contribution is 2.32. The minimum Gasteiger partial charge on any atom is -0.457 e. The van der Waals surface area contributed by atoms with E-state index in [1.807, 2.05) is 33.0 Å². The van der Waals surface area contributed by atoms with E-state index in [-0.39, 0.29) is 31.6 Å². The first-order valence-corrected chi connectivity index (χ1v) is 9.20. The molecule has 1 aliphatic rings. The number of nitrogens with zero attached hydrogens (tertiary/aromatic N) is 1. The van der Waals surface area contributed by atoms with E-state index in [0.29, 0.717) is 16.7 Å². The first-order valence-electron chi connectivity index (χ1n) is 9.20. The smallest absolute Gasteiger partial charge is 0.311 e. The predicted octanol–water partition coefficient (Wildman–Crippen LogP) is 3.88. The van der Waals surface area contributed by atoms with E-state index in [2.05, 4.69) is 15.3 Å². The maximum absolute atomic E-state index is 12.4. The Labute approximate surface area is 161 Å². The fraction of sp³-hybridized carbons (Fsp3) is 0.571. The van der Waals surface area contributed by atoms with Crippen LogP contribution in [0.15, 0.2) is 16.9 Å². The number of benzene rings is 1. The van der Waals surface area contributed by atoms with Gasteiger partial charge in [-0.2, -0.15) is 0 Å². The molecule has 6 nitrogen and oxygen atoms in total. The summed E-state index contributed by atoms with van der Waals surface area (Å²) in [5, 5.41) is 3.84. The van der Waals surface area contributed by atoms with Gasteiger partial charge in [-0.15, -0.1) is 0 Å². The van der Waals surface area contributed by atoms with Crippen LogP contribution in [-0.2, 0) is 22.6 Å². The fourth-order valence-corrected chi connectivity index (χ4v) is 3.01. The van der Waals surface area contributed by atoms with E-state index in [4.69, 9.17) is 4.74 Å². The topological polar surface area (TPSA) is 84.1 Å². The molecule has 6 heteroatoms. The van der Waals surface area contributed by atoms with Gasteiger partial charge in [0.05, 0.1) is 16.3 Å². The Bertz CT molecular complexity index is 850. The second-order valence-electron chi connectivity index (χ2n) is 7.29. The van der Waals surface area contributed by atoms with Gasteiger partial charge in [0, 0.05) is 6.04 Å². The van der Waals surface area contributed by atoms with Gasteiger partial charge in [0.25, 0.3) is 5.56 Å². The molecular weight excluding hydrogens is 342 g/mol. The van der Waals surface area contributed by atoms with Crippen molar-refractivity contribution in [2.45, 2.75) is 67.5 Å². The Morgan fingerprint density at radius 2 is 2.00 bits per heavy atom. The zero-order valence-electron chi connectivity index (χ0n) is 16.5. The maximum Gasteiger partial charge on any atom is 0.311 e. The van der Waals surface area contributed by atoms with Gasteiger partial charge in [0.1, 0.15) is 12.4 Å². The molecule has 0 radical (unpaired) electrons. The Hall–Kier alpha value is -2.21. The molecule has 1 aromatic heterocycles. The van der Waals surface area contributed by atoms with Gasteiger partial charge in [-0.1, -0.05) is 21.3 Å². The van der Waals surface area contributed by atoms with E-state index in [1.165, 1.54) is 11.1 Å². The normalized spacial score (nSPS) is 15.4. The Morgan fingerprint density at radius 1 is 1.33 bits per heavy atom. The number of esters is 1. The SMILES string of the molecule is C.CC.CNC1CCc2cc3nc(COC(=O)C(C)(C)C)[nH]c(=O)c3cc21. The van der Waals surface area contributed by atoms with Crippen molar-refractivity contribution in [3.63, 3.8) is 0 Å². The van der Waals surface area contributed by atoms with Crippen LogP contribution in [0, 0.1) is 5.41 Å². The Morgan fingerprint density at radius 3 is 2.59 bits per heavy atom. The molecule has 2 N–H and O–H groups in total. The average molecular weight is 376 g/mol. The van der Waals surface area contributed by atoms with E-state index in [1.54, 1.807) is 20.8 Å². The van der Waals surface area contributed by atoms with Crippen molar-refractivity contribution in [1.29, 1.82) is 0 Å². The highest BCUT2D eigenvalue weighted by Gasteiger charge is 2.24. The Balaban J connectivity index is 0.00000118. The zero-order chi connectivity index (χ0) is 19.5. The minimum atomic E-state index is -0.583. The summed E-state index contributed by atoms with van der Waals surface area (Å²) in [6, 6.07) is 4.19. The van der Waals surface area contributed by atoms with Gasteiger partial charge >= 0.3 is 5.97 Å². The molecule has 1 atom stereocenters. The van der Waals surface area contributed by atoms with Crippen molar-refractivity contribution >= 4 is 16.9 Å². The van der Waals surface area contributed by atoms with Crippen LogP contribution in [0.5, 0.6) is 0 Å². The van der Waals surface area contributed by atoms with Crippen LogP contribution in [0.4, 0.5) is 0 Å². The van der Waals surface area contributed by atoms with E-state index in [0.717, 1.165) is 12.8 Å². The number of H-pyrrole nitrogens is 1. The third kappa shape index (κ3) is 4.95. The van der Waals surface area contributed by atoms with Gasteiger partial charge in [-0.05, 0) is 63.9 Å². The lowest BCUT2D eigenvalue weighted by Gasteiger charge is -2.16. The summed E-state index contributed by atoms with van der Waals surface area (Å²) in [6.07, 6.45) is 2.00. The molecule has 1 aromatic carbocycles. The van der Waals surface area contributed by atoms with Crippen LogP contribution in [0.2, 0.25) is 0 Å². The van der Waals surface area contributed by atoms with Crippen LogP contribution in [-0.4, -0.2) is 23.0 Å². The molecule has 0 bridgehead atoms. The first-order chi connectivity index (χ1) is 12.3. The van der Waals surface area contributed by atoms with Gasteiger partial charge in [-0.25, -0.2) is 4.98 Å². The lowest BCUT2D eigenvalue weighted by atomic mass is 9.97. The van der Waals surface area contributed by atoms with Crippen LogP contribution < -0.4 is 10.9 Å². The van der Waals surface area contributed by atoms with Gasteiger partial charge in [0.15, 0.2) is 0 Å². The molecule has 0 saturated heterocycles. The van der Waals surface area contributed by atoms with Crippen LogP contribution in [0.3, 0.4) is 0 Å². The second kappa shape index (κ2) is 9.13. The average Bonchev–Trinajstić information content (AvgIpc) is 3.01. The van der Waals surface area contributed by atoms with E-state index in [9.17, 15) is 9.59 Å². The maximum atomic E-state index is 12.4. The number of nitrogens with one attached hydrogen (secondary N) is 2. The van der Waals surface area contributed by atoms with Crippen molar-refractivity contribution in [3.05, 3.63) is 39.4 Å². The molecule has 0 amide bonds. The standard InChI is InChI=1S/C18H23N3O3.C2H6.CH4/c1-18(2,3)17(23)24-9-15-20-14-7-10-5-6-13(19-4)11(10)8-12(14)16(22)21-15;1-2;/h7-8,13,19H,5-6,9H2,1-4H3,(H,20,21,22);1-2H3;1H4. The molecule has 1 aliphatic carbocycles. The van der Waals surface area contributed by atoms with Crippen LogP contribution in [0.1, 0.15) is 71.5 Å². The van der Waals surface area contributed by atoms with Gasteiger partial charge in [0.2, 0.25) is 0 Å². The van der Waals surface area contributed by atoms with E-state index < -0.39 is 5.41 Å². The number of aryl methyl sites for hydroxylation is 1. The quantitative estimate of drug-likeness (QED) is 0.795. The molecule has 27 heavy (non-hydrogen) atoms. The number of hydrogen-bond donors (Lipinski definition) is 2. The van der Waals surface area contributed by atoms with Crippen molar-refractivity contribution in [2.24, 2.45) is 5.41 Å². The van der Waals surface area contributed by atoms with Crippen molar-refractivity contribution < 1.29 is 9.53 Å². The van der Waals surface area contributed by atoms with E-state index >= 15 is 0 Å². The first kappa shape index (κ1) is 22.8. The summed E-state index contributed by atoms with van der Waals surface area (Å²) >= 11 is 0. The van der Waals surface area contributed by atoms with Crippen LogP contribution >= 0.6 is 0 Å². The summed E-state index contributed by atoms with van der Waals surface area (Å²) in [4.78, 5) is 31.4. The molecule has 2 aromatic rings. The number of hydrogen-bond acceptors (Lipinski definition) is 5. The fourth-order valence-electron chi connectivity index (χ4n) is 3.01. The summed E-state index contributed by atoms with van der Waals surface area (Å²) in [5.41, 5.74) is 2.25. The molecule has 1 heterocycles. The predicted molar refractivity (Wildman–Crippen MR) is 110 cm³/mol. The lowest BCUT2D eigenvalue weighted by molar-refractivity contribution is -0.154. The third-order valence-electron chi connectivity index (χ3n) is 4.39. The van der Waals surface area contributed by atoms with Crippen molar-refractivity contribution in [3.8, 4) is 0 Å². The highest BCUT2D eigenvalue weighted by atomic mass is 16.5. The second-order valence-corrected chi connectivity index (χ2v) is 7.29. The molecule has 150 valence electrons. The largest absolute Gasteiger partial charge is 0.457 e. The molecule has 0 aliphatic heterocycles. The molecule has 1 unspecified atom stereocenters. The summed E-state index contributed by atoms with van der Waals surface area (Å²) in [5.74, 6) is 0.0456. The van der Waals surface area contributed by atoms with Gasteiger partial charge < -0.3 is 15.0 Å². The number of fused-ring (bicyclic) bond motifs is 2. The molecule has 3 rings (SSSR count). The number of carbonyl (C=O) groups excluding carboxylic acids is 1. The number of aromatic amines is 1. The van der Waals surface area contributed by atoms with Gasteiger partial charge in [-0.3, -0.25) is 9.59 Å². The zero-order valence-corrected chi connectivity index (χ0v) is 16.5. The lowest BCUT2D eigenvalue weighted by Crippen LogP contribution is -2.24. The van der Waals surface area contributed by atoms with Crippen molar-refractivity contribution in [2.75, 3.05) is 7.05 Å². The monoisotopic (exact) mass is 375 g/mol. The third-order valence-corrected chi connectivity index (χ3v) is 4.39. The number of rotatable bonds is 3. The highest BCUT2D eigenvalue weighted by molar-refractivity contribution is 5.80. The number of ether oxygens (including phenoxy) is 1. The summed E-state index contributed by atoms with van der Waals surface area (Å²) in [6.45, 7) is 9.33. The van der Waals surface area contributed by atoms with Crippen molar-refractivity contribution in [1.82, 2.24) is 15.3 Å². The molecule has 0 saturated carbocycles.